The molecule has 0 radical (unpaired) electrons. The number of phenolic OH excluding ortho intramolecular Hbond substituents is 1. The van der Waals surface area contributed by atoms with Crippen LogP contribution in [0.5, 0.6) is 5.75 Å². The van der Waals surface area contributed by atoms with Crippen LogP contribution in [0.2, 0.25) is 0 Å². The van der Waals surface area contributed by atoms with Crippen LogP contribution >= 0.6 is 0 Å². The number of carbonyl (C=O) groups excluding carboxylic acids is 2. The molecule has 4 nitrogen and oxygen atoms in total. The Morgan fingerprint density at radius 1 is 1.05 bits per heavy atom. The summed E-state index contributed by atoms with van der Waals surface area (Å²) >= 11 is 0. The Bertz CT molecular complexity index is 674. The lowest BCUT2D eigenvalue weighted by molar-refractivity contribution is 0.0600. The number of ketones is 1. The molecule has 4 heteroatoms. The summed E-state index contributed by atoms with van der Waals surface area (Å²) in [6, 6.07) is 10.9. The third-order valence-corrected chi connectivity index (χ3v) is 3.00. The number of ether oxygens (including phenoxy) is 1. The molecule has 2 aromatic rings. The van der Waals surface area contributed by atoms with Crippen molar-refractivity contribution in [3.63, 3.8) is 0 Å². The molecule has 2 rings (SSSR count). The molecule has 0 spiro atoms. The Labute approximate surface area is 116 Å². The first-order valence-corrected chi connectivity index (χ1v) is 6.05. The molecule has 1 N–H and O–H groups in total. The molecule has 2 aromatic carbocycles. The minimum absolute atomic E-state index is 0.113. The fraction of sp³-hybridized carbons (Fsp3) is 0.125. The number of phenols is 1. The minimum Gasteiger partial charge on any atom is -0.508 e. The van der Waals surface area contributed by atoms with Crippen LogP contribution in [0.15, 0.2) is 42.5 Å². The fourth-order valence-electron chi connectivity index (χ4n) is 1.96. The first kappa shape index (κ1) is 13.8. The zero-order valence-corrected chi connectivity index (χ0v) is 11.2. The number of hydrogen-bond donors (Lipinski definition) is 1. The predicted octanol–water partition coefficient (Wildman–Crippen LogP) is 2.72. The summed E-state index contributed by atoms with van der Waals surface area (Å²) in [6.45, 7) is 1.75. The second kappa shape index (κ2) is 5.57. The van der Waals surface area contributed by atoms with Crippen molar-refractivity contribution < 1.29 is 19.4 Å². The first-order valence-electron chi connectivity index (χ1n) is 6.05. The lowest BCUT2D eigenvalue weighted by Crippen LogP contribution is -2.07. The summed E-state index contributed by atoms with van der Waals surface area (Å²) in [5, 5.41) is 9.37. The van der Waals surface area contributed by atoms with Crippen LogP contribution in [0.1, 0.15) is 31.8 Å². The topological polar surface area (TPSA) is 63.6 Å². The quantitative estimate of drug-likeness (QED) is 0.688. The average Bonchev–Trinajstić information content (AvgIpc) is 2.46. The van der Waals surface area contributed by atoms with Gasteiger partial charge in [0.2, 0.25) is 0 Å². The summed E-state index contributed by atoms with van der Waals surface area (Å²) in [4.78, 5) is 23.9. The maximum Gasteiger partial charge on any atom is 0.337 e. The molecule has 102 valence electrons. The van der Waals surface area contributed by atoms with E-state index in [1.807, 2.05) is 0 Å². The molecular weight excluding hydrogens is 256 g/mol. The molecule has 0 fully saturated rings. The van der Waals surface area contributed by atoms with Crippen molar-refractivity contribution in [3.05, 3.63) is 64.7 Å². The van der Waals surface area contributed by atoms with Crippen LogP contribution in [0.4, 0.5) is 0 Å². The number of esters is 1. The molecule has 0 bridgehead atoms. The smallest absolute Gasteiger partial charge is 0.337 e. The number of aromatic hydroxyl groups is 1. The Hall–Kier alpha value is -2.62. The first-order chi connectivity index (χ1) is 9.52. The highest BCUT2D eigenvalue weighted by molar-refractivity contribution is 6.10. The molecule has 0 aliphatic heterocycles. The Kier molecular flexibility index (Phi) is 3.84. The van der Waals surface area contributed by atoms with Crippen LogP contribution in [0.25, 0.3) is 0 Å². The van der Waals surface area contributed by atoms with E-state index < -0.39 is 5.97 Å². The summed E-state index contributed by atoms with van der Waals surface area (Å²) < 4.78 is 4.63. The van der Waals surface area contributed by atoms with Gasteiger partial charge in [0.05, 0.1) is 12.7 Å². The van der Waals surface area contributed by atoms with Crippen LogP contribution in [-0.2, 0) is 4.74 Å². The van der Waals surface area contributed by atoms with Crippen molar-refractivity contribution in [2.45, 2.75) is 6.92 Å². The van der Waals surface area contributed by atoms with Crippen LogP contribution in [0.3, 0.4) is 0 Å². The number of benzene rings is 2. The third kappa shape index (κ3) is 2.69. The second-order valence-electron chi connectivity index (χ2n) is 4.40. The normalized spacial score (nSPS) is 10.1. The number of carbonyl (C=O) groups is 2. The average molecular weight is 270 g/mol. The van der Waals surface area contributed by atoms with Gasteiger partial charge in [-0.15, -0.1) is 0 Å². The lowest BCUT2D eigenvalue weighted by atomic mass is 9.97. The van der Waals surface area contributed by atoms with Gasteiger partial charge >= 0.3 is 5.97 Å². The van der Waals surface area contributed by atoms with Crippen molar-refractivity contribution in [1.82, 2.24) is 0 Å². The van der Waals surface area contributed by atoms with E-state index in [9.17, 15) is 14.7 Å². The van der Waals surface area contributed by atoms with E-state index in [0.717, 1.165) is 0 Å². The fourth-order valence-corrected chi connectivity index (χ4v) is 1.96. The molecular formula is C16H14O4. The molecule has 0 aromatic heterocycles. The highest BCUT2D eigenvalue weighted by Crippen LogP contribution is 2.19. The predicted molar refractivity (Wildman–Crippen MR) is 74.1 cm³/mol. The second-order valence-corrected chi connectivity index (χ2v) is 4.40. The van der Waals surface area contributed by atoms with Gasteiger partial charge in [-0.05, 0) is 42.8 Å². The molecule has 0 atom stereocenters. The summed E-state index contributed by atoms with van der Waals surface area (Å²) in [5.74, 6) is -0.572. The Balaban J connectivity index is 2.41. The van der Waals surface area contributed by atoms with Gasteiger partial charge in [-0.2, -0.15) is 0 Å². The van der Waals surface area contributed by atoms with Gasteiger partial charge in [0, 0.05) is 11.1 Å². The summed E-state index contributed by atoms with van der Waals surface area (Å²) in [6.07, 6.45) is 0. The van der Waals surface area contributed by atoms with Gasteiger partial charge in [-0.1, -0.05) is 12.1 Å². The number of aryl methyl sites for hydroxylation is 1. The van der Waals surface area contributed by atoms with Crippen LogP contribution in [-0.4, -0.2) is 24.0 Å². The SMILES string of the molecule is COC(=O)c1cccc(C(=O)c2ccc(O)cc2C)c1. The monoisotopic (exact) mass is 270 g/mol. The van der Waals surface area contributed by atoms with Gasteiger partial charge < -0.3 is 9.84 Å². The third-order valence-electron chi connectivity index (χ3n) is 3.00. The van der Waals surface area contributed by atoms with Gasteiger partial charge in [-0.25, -0.2) is 4.79 Å². The van der Waals surface area contributed by atoms with Gasteiger partial charge in [0.15, 0.2) is 5.78 Å². The van der Waals surface area contributed by atoms with Crippen LogP contribution < -0.4 is 0 Å². The highest BCUT2D eigenvalue weighted by atomic mass is 16.5. The van der Waals surface area contributed by atoms with Crippen molar-refractivity contribution in [3.8, 4) is 5.75 Å². The van der Waals surface area contributed by atoms with E-state index in [2.05, 4.69) is 4.74 Å². The minimum atomic E-state index is -0.484. The summed E-state index contributed by atoms with van der Waals surface area (Å²) in [7, 11) is 1.29. The molecule has 0 unspecified atom stereocenters. The van der Waals surface area contributed by atoms with Gasteiger partial charge in [-0.3, -0.25) is 4.79 Å². The Morgan fingerprint density at radius 3 is 2.40 bits per heavy atom. The maximum atomic E-state index is 12.4. The van der Waals surface area contributed by atoms with Crippen molar-refractivity contribution in [2.75, 3.05) is 7.11 Å². The van der Waals surface area contributed by atoms with E-state index in [0.29, 0.717) is 22.3 Å². The van der Waals surface area contributed by atoms with Crippen LogP contribution in [0, 0.1) is 6.92 Å². The maximum absolute atomic E-state index is 12.4. The summed E-state index contributed by atoms with van der Waals surface area (Å²) in [5.41, 5.74) is 1.90. The van der Waals surface area contributed by atoms with Gasteiger partial charge in [0.25, 0.3) is 0 Å². The van der Waals surface area contributed by atoms with E-state index in [4.69, 9.17) is 0 Å². The zero-order chi connectivity index (χ0) is 14.7. The molecule has 0 saturated carbocycles. The van der Waals surface area contributed by atoms with E-state index in [1.54, 1.807) is 31.2 Å². The molecule has 0 saturated heterocycles. The molecule has 0 amide bonds. The highest BCUT2D eigenvalue weighted by Gasteiger charge is 2.14. The van der Waals surface area contributed by atoms with Crippen molar-refractivity contribution in [2.24, 2.45) is 0 Å². The molecule has 20 heavy (non-hydrogen) atoms. The number of methoxy groups -OCH3 is 1. The van der Waals surface area contributed by atoms with E-state index in [-0.39, 0.29) is 11.5 Å². The van der Waals surface area contributed by atoms with Crippen molar-refractivity contribution in [1.29, 1.82) is 0 Å². The van der Waals surface area contributed by atoms with E-state index >= 15 is 0 Å². The number of rotatable bonds is 3. The zero-order valence-electron chi connectivity index (χ0n) is 11.2. The molecule has 0 aliphatic rings. The molecule has 0 heterocycles. The van der Waals surface area contributed by atoms with Crippen molar-refractivity contribution >= 4 is 11.8 Å². The largest absolute Gasteiger partial charge is 0.508 e. The van der Waals surface area contributed by atoms with Gasteiger partial charge in [0.1, 0.15) is 5.75 Å². The van der Waals surface area contributed by atoms with E-state index in [1.165, 1.54) is 25.3 Å². The number of hydrogen-bond acceptors (Lipinski definition) is 4. The lowest BCUT2D eigenvalue weighted by Gasteiger charge is -2.07. The molecule has 0 aliphatic carbocycles. The Morgan fingerprint density at radius 2 is 1.75 bits per heavy atom. The standard InChI is InChI=1S/C16H14O4/c1-10-8-13(17)6-7-14(10)15(18)11-4-3-5-12(9-11)16(19)20-2/h3-9,17H,1-2H3.